The van der Waals surface area contributed by atoms with Gasteiger partial charge in [-0.15, -0.1) is 0 Å². The summed E-state index contributed by atoms with van der Waals surface area (Å²) in [5.41, 5.74) is 5.38. The van der Waals surface area contributed by atoms with E-state index in [1.54, 1.807) is 13.8 Å². The molecule has 0 atom stereocenters. The van der Waals surface area contributed by atoms with Gasteiger partial charge in [0.2, 0.25) is 17.7 Å². The van der Waals surface area contributed by atoms with E-state index in [9.17, 15) is 19.2 Å². The molecule has 138 valence electrons. The normalized spacial score (nSPS) is 10.7. The van der Waals surface area contributed by atoms with Crippen molar-refractivity contribution in [1.82, 2.24) is 16.3 Å². The molecule has 0 aromatic heterocycles. The quantitative estimate of drug-likeness (QED) is 0.109. The van der Waals surface area contributed by atoms with Crippen molar-refractivity contribution < 1.29 is 29.0 Å². The van der Waals surface area contributed by atoms with Crippen molar-refractivity contribution >= 4 is 23.7 Å². The van der Waals surface area contributed by atoms with Gasteiger partial charge in [0.05, 0.1) is 13.0 Å². The van der Waals surface area contributed by atoms with Crippen LogP contribution in [0, 0.1) is 0 Å². The number of amides is 3. The summed E-state index contributed by atoms with van der Waals surface area (Å²) in [6, 6.07) is 0. The Morgan fingerprint density at radius 3 is 1.92 bits per heavy atom. The number of aliphatic hydroxyl groups is 1. The van der Waals surface area contributed by atoms with Crippen molar-refractivity contribution in [3.63, 3.8) is 0 Å². The highest BCUT2D eigenvalue weighted by Crippen LogP contribution is 2.09. The number of hydrogen-bond acceptors (Lipinski definition) is 7. The average molecular weight is 346 g/mol. The molecule has 0 aliphatic heterocycles. The summed E-state index contributed by atoms with van der Waals surface area (Å²) in [7, 11) is 0. The highest BCUT2D eigenvalue weighted by Gasteiger charge is 2.21. The minimum Gasteiger partial charge on any atom is -0.457 e. The van der Waals surface area contributed by atoms with E-state index in [1.165, 1.54) is 0 Å². The highest BCUT2D eigenvalue weighted by atomic mass is 16.6. The molecule has 24 heavy (non-hydrogen) atoms. The highest BCUT2D eigenvalue weighted by molar-refractivity contribution is 5.84. The lowest BCUT2D eigenvalue weighted by Gasteiger charge is -2.22. The van der Waals surface area contributed by atoms with Crippen molar-refractivity contribution in [2.24, 2.45) is 5.84 Å². The van der Waals surface area contributed by atoms with E-state index < -0.39 is 23.4 Å². The van der Waals surface area contributed by atoms with E-state index in [4.69, 9.17) is 15.7 Å². The van der Waals surface area contributed by atoms with Gasteiger partial charge in [0.15, 0.2) is 0 Å². The minimum atomic E-state index is -0.997. The van der Waals surface area contributed by atoms with Gasteiger partial charge in [-0.25, -0.2) is 5.84 Å². The van der Waals surface area contributed by atoms with Gasteiger partial charge in [0.25, 0.3) is 0 Å². The largest absolute Gasteiger partial charge is 0.457 e. The van der Waals surface area contributed by atoms with Crippen LogP contribution < -0.4 is 22.1 Å². The molecule has 0 aromatic carbocycles. The molecule has 0 aromatic rings. The van der Waals surface area contributed by atoms with Gasteiger partial charge < -0.3 is 9.84 Å². The first kappa shape index (κ1) is 21.8. The number of hydrazine groups is 2. The number of ether oxygens (including phenoxy) is 1. The Morgan fingerprint density at radius 1 is 0.917 bits per heavy atom. The predicted molar refractivity (Wildman–Crippen MR) is 83.6 cm³/mol. The molecule has 3 amide bonds. The second kappa shape index (κ2) is 11.4. The van der Waals surface area contributed by atoms with E-state index in [2.05, 4.69) is 10.9 Å². The van der Waals surface area contributed by atoms with Gasteiger partial charge in [-0.2, -0.15) is 0 Å². The molecule has 10 heteroatoms. The summed E-state index contributed by atoms with van der Waals surface area (Å²) >= 11 is 0. The maximum atomic E-state index is 11.5. The Balaban J connectivity index is 3.80. The summed E-state index contributed by atoms with van der Waals surface area (Å²) in [5.74, 6) is 3.05. The number of nitrogens with two attached hydrogens (primary N) is 1. The molecule has 0 unspecified atom stereocenters. The van der Waals surface area contributed by atoms with Crippen LogP contribution in [0.25, 0.3) is 0 Å². The van der Waals surface area contributed by atoms with Gasteiger partial charge in [-0.1, -0.05) is 0 Å². The number of nitrogens with one attached hydrogen (secondary N) is 3. The standard InChI is InChI=1S/C14H26N4O6/c1-14(2,9-19)24-13(23)8-7-12(22)18-17-11(21)6-4-3-5-10(20)16-15/h19H,3-9,15H2,1-2H3,(H,16,20)(H,17,21)(H,18,22). The van der Waals surface area contributed by atoms with Crippen LogP contribution in [-0.2, 0) is 23.9 Å². The third-order valence-electron chi connectivity index (χ3n) is 2.89. The summed E-state index contributed by atoms with van der Waals surface area (Å²) in [6.07, 6.45) is 1.01. The van der Waals surface area contributed by atoms with Gasteiger partial charge >= 0.3 is 5.97 Å². The number of unbranched alkanes of at least 4 members (excludes halogenated alkanes) is 1. The van der Waals surface area contributed by atoms with Gasteiger partial charge in [-0.3, -0.25) is 35.5 Å². The summed E-state index contributed by atoms with van der Waals surface area (Å²) in [5, 5.41) is 8.97. The van der Waals surface area contributed by atoms with Crippen molar-refractivity contribution in [1.29, 1.82) is 0 Å². The van der Waals surface area contributed by atoms with Crippen LogP contribution in [-0.4, -0.2) is 41.0 Å². The zero-order chi connectivity index (χ0) is 18.6. The molecule has 0 saturated heterocycles. The van der Waals surface area contributed by atoms with E-state index in [1.807, 2.05) is 5.43 Å². The van der Waals surface area contributed by atoms with E-state index in [0.29, 0.717) is 12.8 Å². The smallest absolute Gasteiger partial charge is 0.306 e. The fourth-order valence-corrected chi connectivity index (χ4v) is 1.51. The van der Waals surface area contributed by atoms with E-state index >= 15 is 0 Å². The molecule has 0 aliphatic rings. The van der Waals surface area contributed by atoms with Crippen LogP contribution in [0.2, 0.25) is 0 Å². The Labute approximate surface area is 140 Å². The molecular weight excluding hydrogens is 320 g/mol. The van der Waals surface area contributed by atoms with Crippen LogP contribution in [0.5, 0.6) is 0 Å². The number of rotatable bonds is 10. The van der Waals surface area contributed by atoms with Crippen molar-refractivity contribution in [3.8, 4) is 0 Å². The van der Waals surface area contributed by atoms with E-state index in [-0.39, 0.29) is 38.2 Å². The molecule has 0 aliphatic carbocycles. The molecule has 0 bridgehead atoms. The van der Waals surface area contributed by atoms with E-state index in [0.717, 1.165) is 0 Å². The fraction of sp³-hybridized carbons (Fsp3) is 0.714. The molecule has 0 radical (unpaired) electrons. The molecule has 0 rings (SSSR count). The topological polar surface area (TPSA) is 160 Å². The number of carbonyl (C=O) groups is 4. The van der Waals surface area contributed by atoms with Crippen LogP contribution in [0.15, 0.2) is 0 Å². The maximum Gasteiger partial charge on any atom is 0.306 e. The second-order valence-corrected chi connectivity index (χ2v) is 5.76. The number of carbonyl (C=O) groups excluding carboxylic acids is 4. The maximum absolute atomic E-state index is 11.5. The van der Waals surface area contributed by atoms with Crippen LogP contribution in [0.1, 0.15) is 52.4 Å². The first-order valence-electron chi connectivity index (χ1n) is 7.60. The van der Waals surface area contributed by atoms with Crippen LogP contribution >= 0.6 is 0 Å². The first-order chi connectivity index (χ1) is 11.2. The van der Waals surface area contributed by atoms with Crippen LogP contribution in [0.3, 0.4) is 0 Å². The third-order valence-corrected chi connectivity index (χ3v) is 2.89. The molecule has 0 spiro atoms. The lowest BCUT2D eigenvalue weighted by molar-refractivity contribution is -0.160. The minimum absolute atomic E-state index is 0.144. The summed E-state index contributed by atoms with van der Waals surface area (Å²) in [6.45, 7) is 2.76. The fourth-order valence-electron chi connectivity index (χ4n) is 1.51. The van der Waals surface area contributed by atoms with Crippen molar-refractivity contribution in [2.75, 3.05) is 6.61 Å². The number of aliphatic hydroxyl groups excluding tert-OH is 1. The molecule has 0 saturated carbocycles. The van der Waals surface area contributed by atoms with Gasteiger partial charge in [0.1, 0.15) is 5.60 Å². The lowest BCUT2D eigenvalue weighted by Crippen LogP contribution is -2.41. The summed E-state index contributed by atoms with van der Waals surface area (Å²) < 4.78 is 4.96. The Bertz CT molecular complexity index is 453. The zero-order valence-corrected chi connectivity index (χ0v) is 14.0. The predicted octanol–water partition coefficient (Wildman–Crippen LogP) is -1.22. The van der Waals surface area contributed by atoms with Crippen LogP contribution in [0.4, 0.5) is 0 Å². The zero-order valence-electron chi connectivity index (χ0n) is 14.0. The number of hydrogen-bond donors (Lipinski definition) is 5. The van der Waals surface area contributed by atoms with Gasteiger partial charge in [0, 0.05) is 19.3 Å². The SMILES string of the molecule is CC(C)(CO)OC(=O)CCC(=O)NNC(=O)CCCCC(=O)NN. The second-order valence-electron chi connectivity index (χ2n) is 5.76. The third kappa shape index (κ3) is 11.4. The average Bonchev–Trinajstić information content (AvgIpc) is 2.54. The molecular formula is C14H26N4O6. The first-order valence-corrected chi connectivity index (χ1v) is 7.60. The Kier molecular flexibility index (Phi) is 10.3. The monoisotopic (exact) mass is 346 g/mol. The van der Waals surface area contributed by atoms with Crippen molar-refractivity contribution in [2.45, 2.75) is 58.0 Å². The van der Waals surface area contributed by atoms with Gasteiger partial charge in [-0.05, 0) is 26.7 Å². The lowest BCUT2D eigenvalue weighted by atomic mass is 10.1. The molecule has 10 nitrogen and oxygen atoms in total. The molecule has 6 N–H and O–H groups in total. The molecule has 0 fully saturated rings. The summed E-state index contributed by atoms with van der Waals surface area (Å²) in [4.78, 5) is 45.3. The Hall–Kier alpha value is -2.20. The number of esters is 1. The Morgan fingerprint density at radius 2 is 1.42 bits per heavy atom. The van der Waals surface area contributed by atoms with Crippen molar-refractivity contribution in [3.05, 3.63) is 0 Å². The molecule has 0 heterocycles.